The molecule has 60 heavy (non-hydrogen) atoms. The van der Waals surface area contributed by atoms with Crippen LogP contribution in [0, 0.1) is 6.07 Å². The number of aromatic nitrogens is 4. The van der Waals surface area contributed by atoms with Gasteiger partial charge in [0.1, 0.15) is 17.3 Å². The SMILES string of the molecule is CC(C)c1cccc(C(C)C)c1B1N(C)c2ccc[c-]c2-c2nccn21.CC(C)c1cccc(C(C)C)c1B1N2c3ccccc3Oc3ccc(O)c(c32)-c2nccn21.[Ir]. The molecule has 5 aromatic carbocycles. The Balaban J connectivity index is 0.000000168. The Morgan fingerprint density at radius 3 is 1.73 bits per heavy atom. The molecule has 1 N–H and O–H groups in total. The summed E-state index contributed by atoms with van der Waals surface area (Å²) in [5.41, 5.74) is 13.0. The number of rotatable bonds is 6. The van der Waals surface area contributed by atoms with Crippen molar-refractivity contribution >= 4 is 42.0 Å². The molecule has 10 rings (SSSR count). The Bertz CT molecular complexity index is 2650. The van der Waals surface area contributed by atoms with Gasteiger partial charge in [-0.25, -0.2) is 4.98 Å². The number of imidazole rings is 2. The van der Waals surface area contributed by atoms with Gasteiger partial charge in [0.2, 0.25) is 0 Å². The van der Waals surface area contributed by atoms with Gasteiger partial charge in [0.25, 0.3) is 0 Å². The molecule has 0 spiro atoms. The number of hydrogen-bond acceptors (Lipinski definition) is 6. The summed E-state index contributed by atoms with van der Waals surface area (Å²) < 4.78 is 10.8. The Hall–Kier alpha value is -5.50. The van der Waals surface area contributed by atoms with E-state index in [2.05, 4.69) is 153 Å². The summed E-state index contributed by atoms with van der Waals surface area (Å²) in [6.45, 7) is 18.1. The third-order valence-corrected chi connectivity index (χ3v) is 12.2. The standard InChI is InChI=1S/C27H26BN3O2.C22H25BN3.Ir/c1-16(2)18-8-7-9-19(17(3)4)25(18)28-30-15-14-29-27(30)24-21(32)12-13-23-26(24)31(28)20-10-5-6-11-22(20)33-23;1-15(2)17-10-8-11-18(16(3)4)21(17)23-25(5)20-12-7-6-9-19(20)22-24-13-14-26(22)23;/h5-17,32H,1-4H3;6-8,10-16H,1-5H3;/q;-1;. The van der Waals surface area contributed by atoms with Gasteiger partial charge in [-0.15, -0.1) is 24.3 Å². The quantitative estimate of drug-likeness (QED) is 0.132. The number of phenolic OH excluding ortho intramolecular Hbond substituents is 1. The van der Waals surface area contributed by atoms with E-state index in [1.54, 1.807) is 6.07 Å². The van der Waals surface area contributed by atoms with Crippen molar-refractivity contribution < 1.29 is 29.9 Å². The van der Waals surface area contributed by atoms with E-state index < -0.39 is 0 Å². The topological polar surface area (TPSA) is 71.6 Å². The van der Waals surface area contributed by atoms with Crippen LogP contribution in [0.5, 0.6) is 17.2 Å². The predicted octanol–water partition coefficient (Wildman–Crippen LogP) is 10.3. The van der Waals surface area contributed by atoms with E-state index >= 15 is 0 Å². The summed E-state index contributed by atoms with van der Waals surface area (Å²) in [4.78, 5) is 14.0. The monoisotopic (exact) mass is 970 g/mol. The summed E-state index contributed by atoms with van der Waals surface area (Å²) in [7, 11) is 2.18. The first-order valence-electron chi connectivity index (χ1n) is 20.9. The van der Waals surface area contributed by atoms with Crippen molar-refractivity contribution in [3.8, 4) is 40.0 Å². The molecule has 0 unspecified atom stereocenters. The van der Waals surface area contributed by atoms with Crippen LogP contribution in [0.1, 0.15) is 101 Å². The maximum absolute atomic E-state index is 10.9. The van der Waals surface area contributed by atoms with Gasteiger partial charge in [0, 0.05) is 50.7 Å². The fourth-order valence-electron chi connectivity index (χ4n) is 9.50. The molecule has 0 aliphatic carbocycles. The van der Waals surface area contributed by atoms with Crippen molar-refractivity contribution in [2.45, 2.75) is 79.1 Å². The molecule has 7 aromatic rings. The van der Waals surface area contributed by atoms with Crippen LogP contribution < -0.4 is 25.3 Å². The fraction of sp³-hybridized carbons (Fsp3) is 0.265. The second-order valence-corrected chi connectivity index (χ2v) is 17.2. The van der Waals surface area contributed by atoms with Crippen molar-refractivity contribution in [3.05, 3.63) is 144 Å². The Morgan fingerprint density at radius 2 is 1.13 bits per heavy atom. The van der Waals surface area contributed by atoms with Crippen LogP contribution >= 0.6 is 0 Å². The normalized spacial score (nSPS) is 13.3. The zero-order valence-electron chi connectivity index (χ0n) is 35.8. The Morgan fingerprint density at radius 1 is 0.600 bits per heavy atom. The minimum Gasteiger partial charge on any atom is -0.507 e. The largest absolute Gasteiger partial charge is 0.507 e. The molecule has 1 radical (unpaired) electrons. The molecule has 0 saturated heterocycles. The van der Waals surface area contributed by atoms with Gasteiger partial charge in [-0.3, -0.25) is 4.98 Å². The minimum absolute atomic E-state index is 0. The van der Waals surface area contributed by atoms with Crippen LogP contribution in [-0.2, 0) is 20.1 Å². The maximum atomic E-state index is 10.9. The van der Waals surface area contributed by atoms with E-state index in [0.29, 0.717) is 29.2 Å². The van der Waals surface area contributed by atoms with Gasteiger partial charge in [0.15, 0.2) is 5.75 Å². The molecule has 0 saturated carbocycles. The average Bonchev–Trinajstić information content (AvgIpc) is 3.93. The number of aromatic hydroxyl groups is 1. The van der Waals surface area contributed by atoms with E-state index in [4.69, 9.17) is 9.72 Å². The van der Waals surface area contributed by atoms with Gasteiger partial charge >= 0.3 is 14.0 Å². The first-order chi connectivity index (χ1) is 28.5. The van der Waals surface area contributed by atoms with Crippen LogP contribution in [0.25, 0.3) is 22.8 Å². The molecule has 3 aliphatic rings. The van der Waals surface area contributed by atoms with Crippen LogP contribution in [0.3, 0.4) is 0 Å². The van der Waals surface area contributed by atoms with Gasteiger partial charge < -0.3 is 28.4 Å². The van der Waals surface area contributed by atoms with Crippen molar-refractivity contribution in [2.75, 3.05) is 16.7 Å². The van der Waals surface area contributed by atoms with E-state index in [1.165, 1.54) is 38.9 Å². The van der Waals surface area contributed by atoms with Crippen molar-refractivity contribution in [1.82, 2.24) is 18.9 Å². The molecular formula is C49H51B2IrN6O2-. The number of para-hydroxylation sites is 2. The molecule has 8 nitrogen and oxygen atoms in total. The molecule has 305 valence electrons. The molecule has 2 aromatic heterocycles. The summed E-state index contributed by atoms with van der Waals surface area (Å²) >= 11 is 0. The number of anilines is 3. The predicted molar refractivity (Wildman–Crippen MR) is 244 cm³/mol. The summed E-state index contributed by atoms with van der Waals surface area (Å²) in [6.07, 6.45) is 7.84. The number of benzene rings is 5. The van der Waals surface area contributed by atoms with Gasteiger partial charge in [-0.1, -0.05) is 115 Å². The molecule has 0 amide bonds. The first-order valence-corrected chi connectivity index (χ1v) is 20.9. The number of hydrogen-bond donors (Lipinski definition) is 1. The van der Waals surface area contributed by atoms with E-state index in [1.807, 2.05) is 48.9 Å². The smallest absolute Gasteiger partial charge is 0.422 e. The van der Waals surface area contributed by atoms with Crippen molar-refractivity contribution in [3.63, 3.8) is 0 Å². The average molecular weight is 970 g/mol. The zero-order valence-corrected chi connectivity index (χ0v) is 38.2. The van der Waals surface area contributed by atoms with Gasteiger partial charge in [-0.05, 0) is 88.2 Å². The molecule has 0 atom stereocenters. The van der Waals surface area contributed by atoms with E-state index in [9.17, 15) is 5.11 Å². The third kappa shape index (κ3) is 6.58. The minimum atomic E-state index is -0.156. The van der Waals surface area contributed by atoms with Crippen LogP contribution in [0.2, 0.25) is 0 Å². The Labute approximate surface area is 368 Å². The molecule has 3 aliphatic heterocycles. The second kappa shape index (κ2) is 16.2. The number of fused-ring (bicyclic) bond motifs is 7. The van der Waals surface area contributed by atoms with Crippen molar-refractivity contribution in [2.24, 2.45) is 0 Å². The van der Waals surface area contributed by atoms with E-state index in [0.717, 1.165) is 40.1 Å². The van der Waals surface area contributed by atoms with Crippen LogP contribution in [-0.4, -0.2) is 45.0 Å². The summed E-state index contributed by atoms with van der Waals surface area (Å²) in [6, 6.07) is 34.7. The maximum Gasteiger partial charge on any atom is 0.422 e. The zero-order chi connectivity index (χ0) is 41.3. The van der Waals surface area contributed by atoms with Gasteiger partial charge in [0.05, 0.1) is 16.9 Å². The number of nitrogens with zero attached hydrogens (tertiary/aromatic N) is 6. The second-order valence-electron chi connectivity index (χ2n) is 17.2. The molecule has 11 heteroatoms. The number of phenols is 1. The molecule has 5 heterocycles. The summed E-state index contributed by atoms with van der Waals surface area (Å²) in [5, 5.41) is 10.9. The van der Waals surface area contributed by atoms with Crippen LogP contribution in [0.15, 0.2) is 116 Å². The van der Waals surface area contributed by atoms with Crippen molar-refractivity contribution in [1.29, 1.82) is 0 Å². The van der Waals surface area contributed by atoms with E-state index in [-0.39, 0.29) is 39.8 Å². The Kier molecular flexibility index (Phi) is 11.1. The fourth-order valence-corrected chi connectivity index (χ4v) is 9.50. The van der Waals surface area contributed by atoms with Gasteiger partial charge in [-0.2, -0.15) is 0 Å². The third-order valence-electron chi connectivity index (χ3n) is 12.2. The summed E-state index contributed by atoms with van der Waals surface area (Å²) in [5.74, 6) is 5.13. The molecule has 0 fully saturated rings. The molecular weight excluding hydrogens is 918 g/mol. The van der Waals surface area contributed by atoms with Crippen LogP contribution in [0.4, 0.5) is 17.1 Å². The first kappa shape index (κ1) is 41.2. The molecule has 0 bridgehead atoms. The number of ether oxygens (including phenoxy) is 1.